The van der Waals surface area contributed by atoms with Crippen LogP contribution in [-0.4, -0.2) is 13.0 Å². The molecule has 5 heteroatoms. The summed E-state index contributed by atoms with van der Waals surface area (Å²) in [5, 5.41) is 11.7. The molecule has 0 radical (unpaired) electrons. The minimum atomic E-state index is -0.870. The highest BCUT2D eigenvalue weighted by molar-refractivity contribution is 5.86. The van der Waals surface area contributed by atoms with Gasteiger partial charge in [-0.05, 0) is 37.0 Å². The van der Waals surface area contributed by atoms with Gasteiger partial charge in [-0.25, -0.2) is 4.39 Å². The number of halogens is 1. The van der Waals surface area contributed by atoms with Crippen LogP contribution in [0.5, 0.6) is 5.75 Å². The van der Waals surface area contributed by atoms with Crippen LogP contribution in [0.2, 0.25) is 0 Å². The van der Waals surface area contributed by atoms with Crippen molar-refractivity contribution in [2.75, 3.05) is 7.11 Å². The van der Waals surface area contributed by atoms with Crippen LogP contribution in [-0.2, 0) is 11.3 Å². The normalized spacial score (nSPS) is 16.1. The average molecular weight is 262 g/mol. The number of methoxy groups -OCH3 is 1. The molecule has 2 rings (SSSR count). The van der Waals surface area contributed by atoms with Gasteiger partial charge in [-0.15, -0.1) is 0 Å². The van der Waals surface area contributed by atoms with Crippen LogP contribution in [0, 0.1) is 22.6 Å². The van der Waals surface area contributed by atoms with E-state index in [-0.39, 0.29) is 18.2 Å². The van der Waals surface area contributed by atoms with Crippen molar-refractivity contribution in [1.82, 2.24) is 5.32 Å². The van der Waals surface area contributed by atoms with Crippen molar-refractivity contribution in [3.63, 3.8) is 0 Å². The molecule has 100 valence electrons. The second-order valence-corrected chi connectivity index (χ2v) is 4.70. The fourth-order valence-electron chi connectivity index (χ4n) is 2.09. The van der Waals surface area contributed by atoms with E-state index >= 15 is 0 Å². The fraction of sp³-hybridized carbons (Fsp3) is 0.429. The van der Waals surface area contributed by atoms with Gasteiger partial charge in [0.2, 0.25) is 5.91 Å². The third-order valence-electron chi connectivity index (χ3n) is 3.53. The predicted octanol–water partition coefficient (Wildman–Crippen LogP) is 2.14. The molecule has 4 nitrogen and oxygen atoms in total. The molecule has 19 heavy (non-hydrogen) atoms. The second-order valence-electron chi connectivity index (χ2n) is 4.70. The Hall–Kier alpha value is -2.09. The third-order valence-corrected chi connectivity index (χ3v) is 3.53. The SMILES string of the molecule is COc1ccc(CNC(=O)C2(C#N)CCC2)cc1F. The number of rotatable bonds is 4. The predicted molar refractivity (Wildman–Crippen MR) is 66.7 cm³/mol. The molecule has 0 heterocycles. The molecular formula is C14H15FN2O2. The third kappa shape index (κ3) is 2.53. The lowest BCUT2D eigenvalue weighted by molar-refractivity contribution is -0.131. The van der Waals surface area contributed by atoms with E-state index in [0.717, 1.165) is 6.42 Å². The summed E-state index contributed by atoms with van der Waals surface area (Å²) in [6, 6.07) is 6.59. The molecule has 1 aliphatic rings. The van der Waals surface area contributed by atoms with Crippen LogP contribution >= 0.6 is 0 Å². The standard InChI is InChI=1S/C14H15FN2O2/c1-19-12-4-3-10(7-11(12)15)8-17-13(18)14(9-16)5-2-6-14/h3-4,7H,2,5-6,8H2,1H3,(H,17,18). The molecule has 0 bridgehead atoms. The second kappa shape index (κ2) is 5.27. The van der Waals surface area contributed by atoms with Crippen molar-refractivity contribution in [2.24, 2.45) is 5.41 Å². The highest BCUT2D eigenvalue weighted by Gasteiger charge is 2.44. The minimum Gasteiger partial charge on any atom is -0.494 e. The molecule has 0 spiro atoms. The number of nitriles is 1. The van der Waals surface area contributed by atoms with Gasteiger partial charge in [-0.2, -0.15) is 5.26 Å². The Morgan fingerprint density at radius 1 is 1.58 bits per heavy atom. The average Bonchev–Trinajstić information content (AvgIpc) is 2.36. The van der Waals surface area contributed by atoms with Gasteiger partial charge in [0.15, 0.2) is 11.6 Å². The molecule has 1 saturated carbocycles. The number of benzene rings is 1. The van der Waals surface area contributed by atoms with Crippen LogP contribution in [0.3, 0.4) is 0 Å². The van der Waals surface area contributed by atoms with Crippen LogP contribution in [0.15, 0.2) is 18.2 Å². The maximum atomic E-state index is 13.5. The van der Waals surface area contributed by atoms with E-state index in [1.54, 1.807) is 6.07 Å². The Morgan fingerprint density at radius 3 is 2.79 bits per heavy atom. The van der Waals surface area contributed by atoms with E-state index in [1.165, 1.54) is 19.2 Å². The number of hydrogen-bond donors (Lipinski definition) is 1. The van der Waals surface area contributed by atoms with Gasteiger partial charge in [-0.3, -0.25) is 4.79 Å². The smallest absolute Gasteiger partial charge is 0.240 e. The number of ether oxygens (including phenoxy) is 1. The van der Waals surface area contributed by atoms with Crippen molar-refractivity contribution in [1.29, 1.82) is 5.26 Å². The Morgan fingerprint density at radius 2 is 2.32 bits per heavy atom. The summed E-state index contributed by atoms with van der Waals surface area (Å²) < 4.78 is 18.3. The molecule has 1 amide bonds. The van der Waals surface area contributed by atoms with E-state index in [0.29, 0.717) is 18.4 Å². The molecule has 0 saturated heterocycles. The molecule has 0 aromatic heterocycles. The van der Waals surface area contributed by atoms with Gasteiger partial charge in [0.05, 0.1) is 13.2 Å². The summed E-state index contributed by atoms with van der Waals surface area (Å²) in [5.41, 5.74) is -0.232. The lowest BCUT2D eigenvalue weighted by Crippen LogP contribution is -2.44. The van der Waals surface area contributed by atoms with Crippen molar-refractivity contribution < 1.29 is 13.9 Å². The van der Waals surface area contributed by atoms with Crippen molar-refractivity contribution in [2.45, 2.75) is 25.8 Å². The number of nitrogens with one attached hydrogen (secondary N) is 1. The molecule has 1 aliphatic carbocycles. The largest absolute Gasteiger partial charge is 0.494 e. The molecule has 1 fully saturated rings. The zero-order chi connectivity index (χ0) is 13.9. The van der Waals surface area contributed by atoms with Crippen LogP contribution in [0.1, 0.15) is 24.8 Å². The minimum absolute atomic E-state index is 0.169. The van der Waals surface area contributed by atoms with Gasteiger partial charge in [0.1, 0.15) is 5.41 Å². The molecule has 1 N–H and O–H groups in total. The summed E-state index contributed by atoms with van der Waals surface area (Å²) in [6.45, 7) is 0.211. The van der Waals surface area contributed by atoms with Gasteiger partial charge >= 0.3 is 0 Å². The highest BCUT2D eigenvalue weighted by Crippen LogP contribution is 2.40. The zero-order valence-electron chi connectivity index (χ0n) is 10.7. The Kier molecular flexibility index (Phi) is 3.70. The Labute approximate surface area is 111 Å². The lowest BCUT2D eigenvalue weighted by Gasteiger charge is -2.33. The first-order valence-corrected chi connectivity index (χ1v) is 6.13. The Balaban J connectivity index is 1.98. The van der Waals surface area contributed by atoms with Crippen LogP contribution in [0.4, 0.5) is 4.39 Å². The van der Waals surface area contributed by atoms with E-state index < -0.39 is 11.2 Å². The van der Waals surface area contributed by atoms with Gasteiger partial charge in [0, 0.05) is 6.54 Å². The lowest BCUT2D eigenvalue weighted by atomic mass is 9.69. The summed E-state index contributed by atoms with van der Waals surface area (Å²) in [4.78, 5) is 11.9. The van der Waals surface area contributed by atoms with Gasteiger partial charge in [-0.1, -0.05) is 6.07 Å². The summed E-state index contributed by atoms with van der Waals surface area (Å²) >= 11 is 0. The summed E-state index contributed by atoms with van der Waals surface area (Å²) in [7, 11) is 1.40. The first kappa shape index (κ1) is 13.3. The first-order chi connectivity index (χ1) is 9.11. The number of carbonyl (C=O) groups is 1. The maximum absolute atomic E-state index is 13.5. The van der Waals surface area contributed by atoms with Crippen LogP contribution < -0.4 is 10.1 Å². The van der Waals surface area contributed by atoms with Crippen molar-refractivity contribution >= 4 is 5.91 Å². The summed E-state index contributed by atoms with van der Waals surface area (Å²) in [6.07, 6.45) is 2.11. The first-order valence-electron chi connectivity index (χ1n) is 6.13. The van der Waals surface area contributed by atoms with E-state index in [9.17, 15) is 9.18 Å². The Bertz CT molecular complexity index is 533. The molecule has 0 aliphatic heterocycles. The molecule has 0 unspecified atom stereocenters. The van der Waals surface area contributed by atoms with E-state index in [2.05, 4.69) is 11.4 Å². The van der Waals surface area contributed by atoms with Gasteiger partial charge in [0.25, 0.3) is 0 Å². The number of carbonyl (C=O) groups excluding carboxylic acids is 1. The van der Waals surface area contributed by atoms with Gasteiger partial charge < -0.3 is 10.1 Å². The molecule has 1 aromatic rings. The number of amides is 1. The molecule has 0 atom stereocenters. The monoisotopic (exact) mass is 262 g/mol. The summed E-state index contributed by atoms with van der Waals surface area (Å²) in [5.74, 6) is -0.562. The van der Waals surface area contributed by atoms with Crippen molar-refractivity contribution in [3.8, 4) is 11.8 Å². The highest BCUT2D eigenvalue weighted by atomic mass is 19.1. The number of nitrogens with zero attached hydrogens (tertiary/aromatic N) is 1. The van der Waals surface area contributed by atoms with Crippen molar-refractivity contribution in [3.05, 3.63) is 29.6 Å². The van der Waals surface area contributed by atoms with Crippen LogP contribution in [0.25, 0.3) is 0 Å². The molecular weight excluding hydrogens is 247 g/mol. The molecule has 1 aromatic carbocycles. The topological polar surface area (TPSA) is 62.1 Å². The van der Waals surface area contributed by atoms with E-state index in [4.69, 9.17) is 10.00 Å². The quantitative estimate of drug-likeness (QED) is 0.904. The maximum Gasteiger partial charge on any atom is 0.240 e. The number of hydrogen-bond acceptors (Lipinski definition) is 3. The van der Waals surface area contributed by atoms with E-state index in [1.807, 2.05) is 0 Å². The fourth-order valence-corrected chi connectivity index (χ4v) is 2.09. The zero-order valence-corrected chi connectivity index (χ0v) is 10.7.